The van der Waals surface area contributed by atoms with Crippen LogP contribution in [-0.4, -0.2) is 27.8 Å². The minimum atomic E-state index is 0.450. The summed E-state index contributed by atoms with van der Waals surface area (Å²) in [6, 6.07) is 0.450. The molecule has 0 aliphatic rings. The fraction of sp³-hybridized carbons (Fsp3) is 0.778. The zero-order valence-corrected chi connectivity index (χ0v) is 10.4. The summed E-state index contributed by atoms with van der Waals surface area (Å²) in [5, 5.41) is 1.00. The van der Waals surface area contributed by atoms with Gasteiger partial charge in [0.15, 0.2) is 0 Å². The molecule has 0 saturated heterocycles. The lowest BCUT2D eigenvalue weighted by Crippen LogP contribution is -2.31. The molecule has 0 saturated carbocycles. The molecule has 80 valence electrons. The van der Waals surface area contributed by atoms with Crippen LogP contribution in [0.3, 0.4) is 0 Å². The molecule has 0 aliphatic heterocycles. The van der Waals surface area contributed by atoms with Gasteiger partial charge < -0.3 is 4.90 Å². The summed E-state index contributed by atoms with van der Waals surface area (Å²) in [5.41, 5.74) is 0. The molecule has 0 atom stereocenters. The highest BCUT2D eigenvalue weighted by molar-refractivity contribution is 7.09. The molecular weight excluding hydrogens is 218 g/mol. The molecule has 14 heavy (non-hydrogen) atoms. The lowest BCUT2D eigenvalue weighted by molar-refractivity contribution is 0.670. The molecule has 1 heterocycles. The van der Waals surface area contributed by atoms with Crippen molar-refractivity contribution in [1.82, 2.24) is 9.36 Å². The molecule has 1 rings (SSSR count). The molecule has 0 unspecified atom stereocenters. The van der Waals surface area contributed by atoms with Gasteiger partial charge in [-0.25, -0.2) is 4.98 Å². The van der Waals surface area contributed by atoms with Gasteiger partial charge in [0.2, 0.25) is 5.13 Å². The highest BCUT2D eigenvalue weighted by atomic mass is 35.5. The Bertz CT molecular complexity index is 275. The predicted molar refractivity (Wildman–Crippen MR) is 62.5 cm³/mol. The predicted octanol–water partition coefficient (Wildman–Crippen LogP) is 2.69. The van der Waals surface area contributed by atoms with Crippen molar-refractivity contribution in [3.8, 4) is 0 Å². The van der Waals surface area contributed by atoms with Crippen LogP contribution >= 0.6 is 23.1 Å². The number of hydrogen-bond acceptors (Lipinski definition) is 4. The monoisotopic (exact) mass is 233 g/mol. The number of aryl methyl sites for hydroxylation is 1. The van der Waals surface area contributed by atoms with Gasteiger partial charge in [0.05, 0.1) is 0 Å². The Hall–Kier alpha value is -0.350. The van der Waals surface area contributed by atoms with Crippen LogP contribution in [0.4, 0.5) is 5.13 Å². The lowest BCUT2D eigenvalue weighted by atomic mass is 10.3. The van der Waals surface area contributed by atoms with Crippen molar-refractivity contribution in [3.05, 3.63) is 5.82 Å². The van der Waals surface area contributed by atoms with E-state index >= 15 is 0 Å². The lowest BCUT2D eigenvalue weighted by Gasteiger charge is -2.25. The van der Waals surface area contributed by atoms with Gasteiger partial charge in [-0.1, -0.05) is 0 Å². The van der Waals surface area contributed by atoms with Gasteiger partial charge in [-0.3, -0.25) is 0 Å². The summed E-state index contributed by atoms with van der Waals surface area (Å²) in [6.07, 6.45) is 0.984. The third kappa shape index (κ3) is 3.10. The Balaban J connectivity index is 2.67. The second kappa shape index (κ2) is 5.51. The van der Waals surface area contributed by atoms with Crippen LogP contribution < -0.4 is 4.90 Å². The summed E-state index contributed by atoms with van der Waals surface area (Å²) in [7, 11) is 0. The average Bonchev–Trinajstić information content (AvgIpc) is 2.52. The molecule has 1 aromatic rings. The Morgan fingerprint density at radius 1 is 1.50 bits per heavy atom. The van der Waals surface area contributed by atoms with Gasteiger partial charge in [-0.15, -0.1) is 11.6 Å². The van der Waals surface area contributed by atoms with Crippen LogP contribution in [0.2, 0.25) is 0 Å². The quantitative estimate of drug-likeness (QED) is 0.733. The molecule has 0 spiro atoms. The van der Waals surface area contributed by atoms with E-state index in [1.54, 1.807) is 0 Å². The van der Waals surface area contributed by atoms with Crippen LogP contribution in [0.5, 0.6) is 0 Å². The van der Waals surface area contributed by atoms with Crippen molar-refractivity contribution >= 4 is 28.3 Å². The summed E-state index contributed by atoms with van der Waals surface area (Å²) in [4.78, 5) is 6.62. The third-order valence-electron chi connectivity index (χ3n) is 1.92. The van der Waals surface area contributed by atoms with E-state index < -0.39 is 0 Å². The maximum absolute atomic E-state index is 5.68. The van der Waals surface area contributed by atoms with E-state index in [0.717, 1.165) is 23.9 Å². The maximum atomic E-state index is 5.68. The van der Waals surface area contributed by atoms with Crippen LogP contribution in [0.25, 0.3) is 0 Å². The summed E-state index contributed by atoms with van der Waals surface area (Å²) < 4.78 is 4.18. The van der Waals surface area contributed by atoms with Crippen molar-refractivity contribution in [1.29, 1.82) is 0 Å². The molecule has 0 amide bonds. The van der Waals surface area contributed by atoms with E-state index in [1.165, 1.54) is 11.5 Å². The van der Waals surface area contributed by atoms with Gasteiger partial charge in [-0.2, -0.15) is 4.37 Å². The molecular formula is C9H16ClN3S. The Morgan fingerprint density at radius 2 is 2.21 bits per heavy atom. The van der Waals surface area contributed by atoms with E-state index in [1.807, 2.05) is 6.92 Å². The fourth-order valence-electron chi connectivity index (χ4n) is 1.21. The van der Waals surface area contributed by atoms with Crippen LogP contribution in [-0.2, 0) is 0 Å². The van der Waals surface area contributed by atoms with Crippen LogP contribution in [0.15, 0.2) is 0 Å². The summed E-state index contributed by atoms with van der Waals surface area (Å²) in [6.45, 7) is 7.19. The summed E-state index contributed by atoms with van der Waals surface area (Å²) >= 11 is 7.14. The molecule has 0 aromatic carbocycles. The molecule has 0 radical (unpaired) electrons. The number of aromatic nitrogens is 2. The highest BCUT2D eigenvalue weighted by Crippen LogP contribution is 2.19. The van der Waals surface area contributed by atoms with E-state index in [9.17, 15) is 0 Å². The van der Waals surface area contributed by atoms with E-state index in [-0.39, 0.29) is 0 Å². The second-order valence-electron chi connectivity index (χ2n) is 3.45. The molecule has 0 fully saturated rings. The van der Waals surface area contributed by atoms with Gasteiger partial charge in [0, 0.05) is 30.0 Å². The van der Waals surface area contributed by atoms with Gasteiger partial charge >= 0.3 is 0 Å². The number of halogens is 1. The normalized spacial score (nSPS) is 10.9. The zero-order valence-electron chi connectivity index (χ0n) is 8.83. The van der Waals surface area contributed by atoms with Crippen molar-refractivity contribution in [2.45, 2.75) is 33.2 Å². The first-order valence-electron chi connectivity index (χ1n) is 4.78. The Morgan fingerprint density at radius 3 is 2.64 bits per heavy atom. The third-order valence-corrected chi connectivity index (χ3v) is 3.03. The number of alkyl halides is 1. The number of nitrogens with zero attached hydrogens (tertiary/aromatic N) is 3. The van der Waals surface area contributed by atoms with Crippen molar-refractivity contribution in [3.63, 3.8) is 0 Å². The smallest absolute Gasteiger partial charge is 0.205 e. The fourth-order valence-corrected chi connectivity index (χ4v) is 2.16. The van der Waals surface area contributed by atoms with Crippen LogP contribution in [0, 0.1) is 6.92 Å². The molecule has 0 aliphatic carbocycles. The number of anilines is 1. The minimum Gasteiger partial charge on any atom is -0.344 e. The Labute approximate surface area is 94.3 Å². The van der Waals surface area contributed by atoms with E-state index in [2.05, 4.69) is 28.1 Å². The maximum Gasteiger partial charge on any atom is 0.205 e. The first-order chi connectivity index (χ1) is 6.65. The molecule has 3 nitrogen and oxygen atoms in total. The largest absolute Gasteiger partial charge is 0.344 e. The van der Waals surface area contributed by atoms with E-state index in [4.69, 9.17) is 11.6 Å². The molecule has 0 bridgehead atoms. The molecule has 1 aromatic heterocycles. The van der Waals surface area contributed by atoms with Gasteiger partial charge in [0.25, 0.3) is 0 Å². The van der Waals surface area contributed by atoms with Gasteiger partial charge in [0.1, 0.15) is 5.82 Å². The standard InChI is InChI=1S/C9H16ClN3S/c1-7(2)13(6-4-5-10)9-11-8(3)12-14-9/h7H,4-6H2,1-3H3. The van der Waals surface area contributed by atoms with Crippen molar-refractivity contribution in [2.24, 2.45) is 0 Å². The minimum absolute atomic E-state index is 0.450. The van der Waals surface area contributed by atoms with Crippen LogP contribution in [0.1, 0.15) is 26.1 Å². The van der Waals surface area contributed by atoms with Crippen molar-refractivity contribution in [2.75, 3.05) is 17.3 Å². The second-order valence-corrected chi connectivity index (χ2v) is 4.56. The SMILES string of the molecule is Cc1nsc(N(CCCCl)C(C)C)n1. The topological polar surface area (TPSA) is 29.0 Å². The number of hydrogen-bond donors (Lipinski definition) is 0. The highest BCUT2D eigenvalue weighted by Gasteiger charge is 2.13. The average molecular weight is 234 g/mol. The zero-order chi connectivity index (χ0) is 10.6. The Kier molecular flexibility index (Phi) is 4.62. The first kappa shape index (κ1) is 11.7. The summed E-state index contributed by atoms with van der Waals surface area (Å²) in [5.74, 6) is 1.54. The first-order valence-corrected chi connectivity index (χ1v) is 6.09. The van der Waals surface area contributed by atoms with Gasteiger partial charge in [-0.05, 0) is 27.2 Å². The van der Waals surface area contributed by atoms with E-state index in [0.29, 0.717) is 11.9 Å². The van der Waals surface area contributed by atoms with Crippen molar-refractivity contribution < 1.29 is 0 Å². The molecule has 5 heteroatoms. The molecule has 0 N–H and O–H groups in total. The number of rotatable bonds is 5.